The van der Waals surface area contributed by atoms with Crippen LogP contribution in [0.5, 0.6) is 0 Å². The van der Waals surface area contributed by atoms with Gasteiger partial charge in [0.25, 0.3) is 5.91 Å². The van der Waals surface area contributed by atoms with Crippen LogP contribution in [0.2, 0.25) is 0 Å². The van der Waals surface area contributed by atoms with Crippen molar-refractivity contribution in [2.75, 3.05) is 5.73 Å². The lowest BCUT2D eigenvalue weighted by Crippen LogP contribution is -2.33. The summed E-state index contributed by atoms with van der Waals surface area (Å²) in [5.41, 5.74) is 13.7. The van der Waals surface area contributed by atoms with Gasteiger partial charge in [0.05, 0.1) is 0 Å². The highest BCUT2D eigenvalue weighted by atomic mass is 16.2. The minimum atomic E-state index is -0.150. The SMILES string of the molecule is Nc1ccc(C(=O)NNC=C2CCCCC2)cc1. The third kappa shape index (κ3) is 3.52. The summed E-state index contributed by atoms with van der Waals surface area (Å²) >= 11 is 0. The van der Waals surface area contributed by atoms with Crippen molar-refractivity contribution in [1.82, 2.24) is 10.9 Å². The number of nitrogens with two attached hydrogens (primary N) is 1. The van der Waals surface area contributed by atoms with Crippen molar-refractivity contribution in [3.63, 3.8) is 0 Å². The lowest BCUT2D eigenvalue weighted by molar-refractivity contribution is 0.0941. The maximum Gasteiger partial charge on any atom is 0.269 e. The van der Waals surface area contributed by atoms with Gasteiger partial charge in [-0.2, -0.15) is 0 Å². The fourth-order valence-electron chi connectivity index (χ4n) is 2.06. The number of amides is 1. The van der Waals surface area contributed by atoms with E-state index in [2.05, 4.69) is 10.9 Å². The molecule has 4 heteroatoms. The molecule has 0 unspecified atom stereocenters. The van der Waals surface area contributed by atoms with Crippen LogP contribution in [0.1, 0.15) is 42.5 Å². The van der Waals surface area contributed by atoms with Crippen molar-refractivity contribution in [1.29, 1.82) is 0 Å². The molecular formula is C14H19N3O. The molecule has 0 aromatic heterocycles. The van der Waals surface area contributed by atoms with Crippen molar-refractivity contribution >= 4 is 11.6 Å². The number of carbonyl (C=O) groups excluding carboxylic acids is 1. The molecule has 0 spiro atoms. The zero-order valence-electron chi connectivity index (χ0n) is 10.4. The Balaban J connectivity index is 1.82. The number of anilines is 1. The highest BCUT2D eigenvalue weighted by molar-refractivity contribution is 5.94. The summed E-state index contributed by atoms with van der Waals surface area (Å²) in [7, 11) is 0. The molecule has 0 bridgehead atoms. The minimum absolute atomic E-state index is 0.150. The van der Waals surface area contributed by atoms with Gasteiger partial charge in [0.2, 0.25) is 0 Å². The van der Waals surface area contributed by atoms with Gasteiger partial charge in [-0.3, -0.25) is 10.2 Å². The predicted octanol–water partition coefficient (Wildman–Crippen LogP) is 2.35. The Hall–Kier alpha value is -1.97. The molecule has 1 amide bonds. The van der Waals surface area contributed by atoms with Crippen molar-refractivity contribution in [3.8, 4) is 0 Å². The van der Waals surface area contributed by atoms with E-state index in [1.807, 2.05) is 6.20 Å². The second kappa shape index (κ2) is 6.10. The highest BCUT2D eigenvalue weighted by Gasteiger charge is 2.06. The van der Waals surface area contributed by atoms with Gasteiger partial charge < -0.3 is 11.2 Å². The lowest BCUT2D eigenvalue weighted by Gasteiger charge is -2.14. The van der Waals surface area contributed by atoms with Gasteiger partial charge in [-0.1, -0.05) is 12.0 Å². The quantitative estimate of drug-likeness (QED) is 0.565. The topological polar surface area (TPSA) is 67.2 Å². The van der Waals surface area contributed by atoms with E-state index in [9.17, 15) is 4.79 Å². The number of nitrogen functional groups attached to an aromatic ring is 1. The molecule has 1 fully saturated rings. The Morgan fingerprint density at radius 2 is 1.78 bits per heavy atom. The lowest BCUT2D eigenvalue weighted by atomic mass is 9.96. The van der Waals surface area contributed by atoms with Gasteiger partial charge in [0.15, 0.2) is 0 Å². The Bertz CT molecular complexity index is 429. The van der Waals surface area contributed by atoms with Gasteiger partial charge in [-0.25, -0.2) is 0 Å². The van der Waals surface area contributed by atoms with Crippen molar-refractivity contribution in [2.24, 2.45) is 0 Å². The fraction of sp³-hybridized carbons (Fsp3) is 0.357. The Morgan fingerprint density at radius 1 is 1.11 bits per heavy atom. The fourth-order valence-corrected chi connectivity index (χ4v) is 2.06. The van der Waals surface area contributed by atoms with Gasteiger partial charge in [-0.15, -0.1) is 0 Å². The smallest absolute Gasteiger partial charge is 0.269 e. The van der Waals surface area contributed by atoms with Gasteiger partial charge in [-0.05, 0) is 49.9 Å². The Kier molecular flexibility index (Phi) is 4.23. The van der Waals surface area contributed by atoms with Crippen LogP contribution in [0.15, 0.2) is 36.0 Å². The second-order valence-electron chi connectivity index (χ2n) is 4.58. The largest absolute Gasteiger partial charge is 0.399 e. The maximum atomic E-state index is 11.8. The first-order chi connectivity index (χ1) is 8.75. The van der Waals surface area contributed by atoms with Crippen LogP contribution in [0, 0.1) is 0 Å². The molecule has 0 atom stereocenters. The number of benzene rings is 1. The van der Waals surface area contributed by atoms with Crippen molar-refractivity contribution in [3.05, 3.63) is 41.6 Å². The molecule has 0 radical (unpaired) electrons. The molecule has 18 heavy (non-hydrogen) atoms. The molecule has 1 aromatic carbocycles. The van der Waals surface area contributed by atoms with Gasteiger partial charge in [0.1, 0.15) is 0 Å². The number of hydrogen-bond donors (Lipinski definition) is 3. The summed E-state index contributed by atoms with van der Waals surface area (Å²) in [6, 6.07) is 6.85. The number of allylic oxidation sites excluding steroid dienone is 1. The number of hydrazine groups is 1. The zero-order chi connectivity index (χ0) is 12.8. The molecule has 1 saturated carbocycles. The number of hydrogen-bond acceptors (Lipinski definition) is 3. The van der Waals surface area contributed by atoms with E-state index >= 15 is 0 Å². The molecule has 1 aliphatic carbocycles. The first-order valence-electron chi connectivity index (χ1n) is 6.35. The van der Waals surface area contributed by atoms with Crippen LogP contribution in [0.3, 0.4) is 0 Å². The molecule has 96 valence electrons. The third-order valence-corrected chi connectivity index (χ3v) is 3.13. The van der Waals surface area contributed by atoms with E-state index in [0.29, 0.717) is 11.3 Å². The molecule has 1 aliphatic rings. The van der Waals surface area contributed by atoms with E-state index in [1.165, 1.54) is 24.8 Å². The van der Waals surface area contributed by atoms with E-state index in [4.69, 9.17) is 5.73 Å². The molecule has 2 rings (SSSR count). The summed E-state index contributed by atoms with van der Waals surface area (Å²) in [5.74, 6) is -0.150. The van der Waals surface area contributed by atoms with E-state index in [-0.39, 0.29) is 5.91 Å². The van der Waals surface area contributed by atoms with Crippen LogP contribution in [-0.2, 0) is 0 Å². The number of carbonyl (C=O) groups is 1. The standard InChI is InChI=1S/C14H19N3O/c15-13-8-6-12(7-9-13)14(18)17-16-10-11-4-2-1-3-5-11/h6-10,16H,1-5,15H2,(H,17,18). The monoisotopic (exact) mass is 245 g/mol. The van der Waals surface area contributed by atoms with E-state index in [1.54, 1.807) is 24.3 Å². The molecular weight excluding hydrogens is 226 g/mol. The van der Waals surface area contributed by atoms with Gasteiger partial charge >= 0.3 is 0 Å². The van der Waals surface area contributed by atoms with Crippen LogP contribution in [-0.4, -0.2) is 5.91 Å². The highest BCUT2D eigenvalue weighted by Crippen LogP contribution is 2.21. The summed E-state index contributed by atoms with van der Waals surface area (Å²) < 4.78 is 0. The van der Waals surface area contributed by atoms with Crippen LogP contribution in [0.25, 0.3) is 0 Å². The van der Waals surface area contributed by atoms with Crippen LogP contribution < -0.4 is 16.6 Å². The summed E-state index contributed by atoms with van der Waals surface area (Å²) in [4.78, 5) is 11.8. The van der Waals surface area contributed by atoms with Crippen molar-refractivity contribution in [2.45, 2.75) is 32.1 Å². The average molecular weight is 245 g/mol. The van der Waals surface area contributed by atoms with Crippen molar-refractivity contribution < 1.29 is 4.79 Å². The third-order valence-electron chi connectivity index (χ3n) is 3.13. The second-order valence-corrected chi connectivity index (χ2v) is 4.58. The normalized spacial score (nSPS) is 15.0. The average Bonchev–Trinajstić information content (AvgIpc) is 2.40. The van der Waals surface area contributed by atoms with Crippen LogP contribution >= 0.6 is 0 Å². The number of rotatable bonds is 3. The Labute approximate surface area is 107 Å². The summed E-state index contributed by atoms with van der Waals surface area (Å²) in [5, 5.41) is 0. The van der Waals surface area contributed by atoms with E-state index < -0.39 is 0 Å². The zero-order valence-corrected chi connectivity index (χ0v) is 10.4. The van der Waals surface area contributed by atoms with Crippen LogP contribution in [0.4, 0.5) is 5.69 Å². The first kappa shape index (κ1) is 12.5. The Morgan fingerprint density at radius 3 is 2.44 bits per heavy atom. The molecule has 0 saturated heterocycles. The van der Waals surface area contributed by atoms with E-state index in [0.717, 1.165) is 12.8 Å². The molecule has 4 nitrogen and oxygen atoms in total. The molecule has 1 aromatic rings. The summed E-state index contributed by atoms with van der Waals surface area (Å²) in [6.07, 6.45) is 7.98. The minimum Gasteiger partial charge on any atom is -0.399 e. The van der Waals surface area contributed by atoms with Gasteiger partial charge in [0, 0.05) is 17.5 Å². The molecule has 0 aliphatic heterocycles. The first-order valence-corrected chi connectivity index (χ1v) is 6.35. The number of nitrogens with one attached hydrogen (secondary N) is 2. The summed E-state index contributed by atoms with van der Waals surface area (Å²) in [6.45, 7) is 0. The molecule has 4 N–H and O–H groups in total. The maximum absolute atomic E-state index is 11.8. The predicted molar refractivity (Wildman–Crippen MR) is 72.6 cm³/mol. The molecule has 0 heterocycles.